The van der Waals surface area contributed by atoms with Crippen molar-refractivity contribution >= 4 is 5.91 Å². The van der Waals surface area contributed by atoms with E-state index in [0.717, 1.165) is 38.5 Å². The van der Waals surface area contributed by atoms with Crippen LogP contribution in [0.5, 0.6) is 0 Å². The van der Waals surface area contributed by atoms with E-state index in [4.69, 9.17) is 0 Å². The van der Waals surface area contributed by atoms with Crippen molar-refractivity contribution in [3.63, 3.8) is 0 Å². The minimum absolute atomic E-state index is 0.252. The molecule has 0 radical (unpaired) electrons. The molecule has 0 bridgehead atoms. The smallest absolute Gasteiger partial charge is 0.220 e. The molecule has 0 aliphatic carbocycles. The molecule has 2 heterocycles. The Morgan fingerprint density at radius 2 is 1.86 bits per heavy atom. The summed E-state index contributed by atoms with van der Waals surface area (Å²) in [5.74, 6) is 1.50. The van der Waals surface area contributed by atoms with Crippen molar-refractivity contribution in [3.8, 4) is 0 Å². The highest BCUT2D eigenvalue weighted by Crippen LogP contribution is 2.24. The van der Waals surface area contributed by atoms with Gasteiger partial charge in [-0.2, -0.15) is 0 Å². The van der Waals surface area contributed by atoms with Crippen molar-refractivity contribution in [2.24, 2.45) is 11.8 Å². The van der Waals surface area contributed by atoms with Gasteiger partial charge in [0.05, 0.1) is 0 Å². The van der Waals surface area contributed by atoms with Crippen LogP contribution in [0.2, 0.25) is 0 Å². The molecule has 2 aliphatic rings. The van der Waals surface area contributed by atoms with Crippen LogP contribution in [0.1, 0.15) is 58.3 Å². The van der Waals surface area contributed by atoms with Crippen molar-refractivity contribution in [2.45, 2.75) is 58.3 Å². The molecule has 4 heteroatoms. The Labute approximate surface area is 136 Å². The lowest BCUT2D eigenvalue weighted by Crippen LogP contribution is -2.34. The van der Waals surface area contributed by atoms with Gasteiger partial charge in [-0.15, -0.1) is 0 Å². The van der Waals surface area contributed by atoms with Crippen LogP contribution >= 0.6 is 0 Å². The summed E-state index contributed by atoms with van der Waals surface area (Å²) in [6.07, 6.45) is 9.72. The van der Waals surface area contributed by atoms with E-state index in [2.05, 4.69) is 22.5 Å². The van der Waals surface area contributed by atoms with Crippen molar-refractivity contribution in [2.75, 3.05) is 39.3 Å². The van der Waals surface area contributed by atoms with Crippen LogP contribution in [0.15, 0.2) is 0 Å². The molecule has 128 valence electrons. The molecule has 0 aromatic heterocycles. The summed E-state index contributed by atoms with van der Waals surface area (Å²) in [6, 6.07) is 0. The highest BCUT2D eigenvalue weighted by molar-refractivity contribution is 5.76. The number of hydrogen-bond acceptors (Lipinski definition) is 3. The summed E-state index contributed by atoms with van der Waals surface area (Å²) in [6.45, 7) is 8.96. The molecule has 2 rings (SSSR count). The Balaban J connectivity index is 1.53. The third-order valence-corrected chi connectivity index (χ3v) is 5.37. The number of nitrogens with zero attached hydrogens (tertiary/aromatic N) is 1. The predicted molar refractivity (Wildman–Crippen MR) is 91.9 cm³/mol. The molecule has 22 heavy (non-hydrogen) atoms. The zero-order valence-electron chi connectivity index (χ0n) is 14.4. The second-order valence-corrected chi connectivity index (χ2v) is 7.23. The quantitative estimate of drug-likeness (QED) is 0.710. The number of hydrogen-bond donors (Lipinski definition) is 2. The topological polar surface area (TPSA) is 44.4 Å². The molecule has 2 aliphatic heterocycles. The molecule has 1 atom stereocenters. The number of piperidine rings is 1. The van der Waals surface area contributed by atoms with Gasteiger partial charge in [0, 0.05) is 13.0 Å². The maximum Gasteiger partial charge on any atom is 0.220 e. The monoisotopic (exact) mass is 309 g/mol. The molecule has 0 aromatic carbocycles. The summed E-state index contributed by atoms with van der Waals surface area (Å²) < 4.78 is 0. The first-order chi connectivity index (χ1) is 10.8. The van der Waals surface area contributed by atoms with E-state index < -0.39 is 0 Å². The lowest BCUT2D eigenvalue weighted by atomic mass is 9.84. The Morgan fingerprint density at radius 3 is 2.55 bits per heavy atom. The van der Waals surface area contributed by atoms with E-state index in [1.807, 2.05) is 0 Å². The lowest BCUT2D eigenvalue weighted by Gasteiger charge is -2.28. The zero-order chi connectivity index (χ0) is 15.6. The number of amides is 1. The minimum Gasteiger partial charge on any atom is -0.356 e. The standard InChI is InChI=1S/C18H35N3O/c1-16(17-7-10-19-11-8-17)15-18(22)20-9-6-14-21-12-4-2-3-5-13-21/h16-17,19H,2-15H2,1H3,(H,20,22). The van der Waals surface area contributed by atoms with Crippen molar-refractivity contribution < 1.29 is 4.79 Å². The first kappa shape index (κ1) is 17.7. The molecule has 1 unspecified atom stereocenters. The van der Waals surface area contributed by atoms with Crippen LogP contribution in [0, 0.1) is 11.8 Å². The summed E-state index contributed by atoms with van der Waals surface area (Å²) >= 11 is 0. The van der Waals surface area contributed by atoms with Crippen LogP contribution in [0.3, 0.4) is 0 Å². The average Bonchev–Trinajstić information content (AvgIpc) is 2.81. The molecular weight excluding hydrogens is 274 g/mol. The van der Waals surface area contributed by atoms with Gasteiger partial charge in [-0.05, 0) is 76.7 Å². The zero-order valence-corrected chi connectivity index (χ0v) is 14.4. The van der Waals surface area contributed by atoms with Gasteiger partial charge < -0.3 is 15.5 Å². The van der Waals surface area contributed by atoms with Crippen LogP contribution in [-0.2, 0) is 4.79 Å². The van der Waals surface area contributed by atoms with Gasteiger partial charge in [0.25, 0.3) is 0 Å². The van der Waals surface area contributed by atoms with E-state index in [1.54, 1.807) is 0 Å². The van der Waals surface area contributed by atoms with Gasteiger partial charge >= 0.3 is 0 Å². The second-order valence-electron chi connectivity index (χ2n) is 7.23. The van der Waals surface area contributed by atoms with Gasteiger partial charge in [0.2, 0.25) is 5.91 Å². The van der Waals surface area contributed by atoms with E-state index >= 15 is 0 Å². The highest BCUT2D eigenvalue weighted by atomic mass is 16.1. The third kappa shape index (κ3) is 6.66. The molecule has 2 N–H and O–H groups in total. The SMILES string of the molecule is CC(CC(=O)NCCCN1CCCCCC1)C1CCNCC1. The predicted octanol–water partition coefficient (Wildman–Crippen LogP) is 2.39. The van der Waals surface area contributed by atoms with E-state index in [1.165, 1.54) is 51.6 Å². The van der Waals surface area contributed by atoms with Crippen molar-refractivity contribution in [1.82, 2.24) is 15.5 Å². The Kier molecular flexibility index (Phi) is 8.24. The molecule has 1 amide bonds. The third-order valence-electron chi connectivity index (χ3n) is 5.37. The van der Waals surface area contributed by atoms with Gasteiger partial charge in [-0.25, -0.2) is 0 Å². The van der Waals surface area contributed by atoms with Crippen LogP contribution in [-0.4, -0.2) is 50.1 Å². The normalized spacial score (nSPS) is 23.0. The largest absolute Gasteiger partial charge is 0.356 e. The van der Waals surface area contributed by atoms with Gasteiger partial charge in [-0.3, -0.25) is 4.79 Å². The molecule has 2 fully saturated rings. The van der Waals surface area contributed by atoms with E-state index in [0.29, 0.717) is 12.3 Å². The molecular formula is C18H35N3O. The molecule has 2 saturated heterocycles. The molecule has 4 nitrogen and oxygen atoms in total. The number of likely N-dealkylation sites (tertiary alicyclic amines) is 1. The Hall–Kier alpha value is -0.610. The van der Waals surface area contributed by atoms with Crippen molar-refractivity contribution in [3.05, 3.63) is 0 Å². The Bertz CT molecular complexity index is 307. The van der Waals surface area contributed by atoms with Crippen LogP contribution < -0.4 is 10.6 Å². The fourth-order valence-electron chi connectivity index (χ4n) is 3.83. The summed E-state index contributed by atoms with van der Waals surface area (Å²) in [7, 11) is 0. The molecule has 0 aromatic rings. The number of carbonyl (C=O) groups excluding carboxylic acids is 1. The summed E-state index contributed by atoms with van der Waals surface area (Å²) in [4.78, 5) is 14.6. The van der Waals surface area contributed by atoms with Crippen LogP contribution in [0.25, 0.3) is 0 Å². The molecule has 0 saturated carbocycles. The first-order valence-electron chi connectivity index (χ1n) is 9.45. The summed E-state index contributed by atoms with van der Waals surface area (Å²) in [5, 5.41) is 6.52. The first-order valence-corrected chi connectivity index (χ1v) is 9.45. The van der Waals surface area contributed by atoms with E-state index in [9.17, 15) is 4.79 Å². The Morgan fingerprint density at radius 1 is 1.18 bits per heavy atom. The maximum absolute atomic E-state index is 12.1. The molecule has 0 spiro atoms. The fraction of sp³-hybridized carbons (Fsp3) is 0.944. The second kappa shape index (κ2) is 10.2. The van der Waals surface area contributed by atoms with E-state index in [-0.39, 0.29) is 5.91 Å². The van der Waals surface area contributed by atoms with Crippen LogP contribution in [0.4, 0.5) is 0 Å². The number of rotatable bonds is 7. The number of nitrogens with one attached hydrogen (secondary N) is 2. The highest BCUT2D eigenvalue weighted by Gasteiger charge is 2.21. The van der Waals surface area contributed by atoms with Gasteiger partial charge in [0.15, 0.2) is 0 Å². The van der Waals surface area contributed by atoms with Crippen molar-refractivity contribution in [1.29, 1.82) is 0 Å². The average molecular weight is 309 g/mol. The minimum atomic E-state index is 0.252. The fourth-order valence-corrected chi connectivity index (χ4v) is 3.83. The summed E-state index contributed by atoms with van der Waals surface area (Å²) in [5.41, 5.74) is 0. The van der Waals surface area contributed by atoms with Gasteiger partial charge in [-0.1, -0.05) is 19.8 Å². The lowest BCUT2D eigenvalue weighted by molar-refractivity contribution is -0.122. The number of carbonyl (C=O) groups is 1. The van der Waals surface area contributed by atoms with Gasteiger partial charge in [0.1, 0.15) is 0 Å². The maximum atomic E-state index is 12.1.